The van der Waals surface area contributed by atoms with Gasteiger partial charge in [-0.15, -0.1) is 0 Å². The van der Waals surface area contributed by atoms with E-state index in [1.54, 1.807) is 6.07 Å². The smallest absolute Gasteiger partial charge is 0.277 e. The summed E-state index contributed by atoms with van der Waals surface area (Å²) in [4.78, 5) is 21.3. The minimum absolute atomic E-state index is 0.0939. The summed E-state index contributed by atoms with van der Waals surface area (Å²) >= 11 is 9.43. The van der Waals surface area contributed by atoms with E-state index in [1.165, 1.54) is 4.52 Å². The Balaban J connectivity index is 2.18. The molecule has 3 aromatic rings. The molecule has 0 atom stereocenters. The summed E-state index contributed by atoms with van der Waals surface area (Å²) in [5.74, 6) is 0.546. The zero-order valence-corrected chi connectivity index (χ0v) is 14.9. The predicted octanol–water partition coefficient (Wildman–Crippen LogP) is 3.13. The second-order valence-electron chi connectivity index (χ2n) is 5.60. The van der Waals surface area contributed by atoms with Gasteiger partial charge in [0, 0.05) is 16.5 Å². The van der Waals surface area contributed by atoms with Gasteiger partial charge in [-0.25, -0.2) is 4.98 Å². The molecule has 6 nitrogen and oxygen atoms in total. The van der Waals surface area contributed by atoms with Gasteiger partial charge in [-0.2, -0.15) is 9.50 Å². The number of benzene rings is 1. The Morgan fingerprint density at radius 3 is 2.78 bits per heavy atom. The van der Waals surface area contributed by atoms with E-state index >= 15 is 0 Å². The molecule has 0 fully saturated rings. The number of nitrogens with two attached hydrogens (primary N) is 1. The van der Waals surface area contributed by atoms with Crippen molar-refractivity contribution in [2.75, 3.05) is 5.73 Å². The average molecular weight is 397 g/mol. The van der Waals surface area contributed by atoms with Gasteiger partial charge in [-0.05, 0) is 39.5 Å². The molecule has 8 heteroatoms. The number of anilines is 1. The molecule has 2 heterocycles. The van der Waals surface area contributed by atoms with Crippen LogP contribution in [0.2, 0.25) is 5.02 Å². The number of hydrogen-bond acceptors (Lipinski definition) is 4. The van der Waals surface area contributed by atoms with E-state index in [0.29, 0.717) is 17.0 Å². The van der Waals surface area contributed by atoms with E-state index in [4.69, 9.17) is 17.3 Å². The zero-order valence-electron chi connectivity index (χ0n) is 12.6. The predicted molar refractivity (Wildman–Crippen MR) is 94.1 cm³/mol. The van der Waals surface area contributed by atoms with E-state index in [0.717, 1.165) is 15.7 Å². The van der Waals surface area contributed by atoms with E-state index in [-0.39, 0.29) is 23.2 Å². The highest BCUT2D eigenvalue weighted by molar-refractivity contribution is 9.10. The summed E-state index contributed by atoms with van der Waals surface area (Å²) in [5, 5.41) is 3.35. The number of rotatable bonds is 3. The Morgan fingerprint density at radius 2 is 2.13 bits per heavy atom. The van der Waals surface area contributed by atoms with Crippen molar-refractivity contribution in [2.24, 2.45) is 0 Å². The maximum absolute atomic E-state index is 12.8. The fourth-order valence-corrected chi connectivity index (χ4v) is 3.02. The Bertz CT molecular complexity index is 947. The van der Waals surface area contributed by atoms with Gasteiger partial charge < -0.3 is 5.73 Å². The molecule has 3 N–H and O–H groups in total. The Hall–Kier alpha value is -1.86. The topological polar surface area (TPSA) is 89.1 Å². The van der Waals surface area contributed by atoms with Crippen LogP contribution in [0.4, 0.5) is 5.95 Å². The number of nitrogens with zero attached hydrogens (tertiary/aromatic N) is 3. The SMILES string of the molecule is CC(C)c1nc2nc(N)[nH]n2c(=O)c1Cc1ccc(Cl)c(Br)c1. The Morgan fingerprint density at radius 1 is 1.39 bits per heavy atom. The van der Waals surface area contributed by atoms with Gasteiger partial charge >= 0.3 is 0 Å². The maximum Gasteiger partial charge on any atom is 0.277 e. The molecule has 23 heavy (non-hydrogen) atoms. The van der Waals surface area contributed by atoms with E-state index in [9.17, 15) is 4.79 Å². The molecule has 3 rings (SSSR count). The fraction of sp³-hybridized carbons (Fsp3) is 0.267. The third kappa shape index (κ3) is 2.98. The summed E-state index contributed by atoms with van der Waals surface area (Å²) in [6.45, 7) is 3.99. The molecule has 0 aliphatic heterocycles. The van der Waals surface area contributed by atoms with Crippen LogP contribution in [0.1, 0.15) is 36.6 Å². The molecule has 0 saturated heterocycles. The molecule has 0 radical (unpaired) electrons. The van der Waals surface area contributed by atoms with Crippen LogP contribution in [-0.2, 0) is 6.42 Å². The van der Waals surface area contributed by atoms with Crippen molar-refractivity contribution in [1.29, 1.82) is 0 Å². The fourth-order valence-electron chi connectivity index (χ4n) is 2.48. The third-order valence-corrected chi connectivity index (χ3v) is 4.76. The largest absolute Gasteiger partial charge is 0.368 e. The first kappa shape index (κ1) is 16.0. The van der Waals surface area contributed by atoms with Crippen molar-refractivity contribution >= 4 is 39.3 Å². The number of nitrogen functional groups attached to an aromatic ring is 1. The summed E-state index contributed by atoms with van der Waals surface area (Å²) in [5.41, 5.74) is 7.77. The highest BCUT2D eigenvalue weighted by Gasteiger charge is 2.18. The molecule has 0 amide bonds. The molecular weight excluding hydrogens is 382 g/mol. The standard InChI is InChI=1S/C15H15BrClN5O/c1-7(2)12-9(5-8-3-4-11(17)10(16)6-8)13(23)22-15(19-12)20-14(18)21-22/h3-4,6-7H,5H2,1-2H3,(H3,18,19,20,21). The number of hydrogen-bond donors (Lipinski definition) is 2. The Labute approximate surface area is 145 Å². The number of nitrogens with one attached hydrogen (secondary N) is 1. The first-order chi connectivity index (χ1) is 10.9. The average Bonchev–Trinajstić information content (AvgIpc) is 2.86. The van der Waals surface area contributed by atoms with Crippen LogP contribution in [0, 0.1) is 0 Å². The van der Waals surface area contributed by atoms with Crippen LogP contribution in [0.3, 0.4) is 0 Å². The van der Waals surface area contributed by atoms with Crippen LogP contribution in [-0.4, -0.2) is 19.6 Å². The number of aromatic nitrogens is 4. The lowest BCUT2D eigenvalue weighted by atomic mass is 9.99. The number of halogens is 2. The lowest BCUT2D eigenvalue weighted by Crippen LogP contribution is -2.24. The molecule has 2 aromatic heterocycles. The van der Waals surface area contributed by atoms with Crippen molar-refractivity contribution in [3.8, 4) is 0 Å². The lowest BCUT2D eigenvalue weighted by molar-refractivity contribution is 0.769. The minimum atomic E-state index is -0.186. The van der Waals surface area contributed by atoms with Crippen molar-refractivity contribution in [3.63, 3.8) is 0 Å². The van der Waals surface area contributed by atoms with Gasteiger partial charge in [0.1, 0.15) is 0 Å². The molecule has 1 aromatic carbocycles. The van der Waals surface area contributed by atoms with Gasteiger partial charge in [-0.1, -0.05) is 31.5 Å². The van der Waals surface area contributed by atoms with Crippen LogP contribution >= 0.6 is 27.5 Å². The number of fused-ring (bicyclic) bond motifs is 1. The monoisotopic (exact) mass is 395 g/mol. The second-order valence-corrected chi connectivity index (χ2v) is 6.87. The summed E-state index contributed by atoms with van der Waals surface area (Å²) in [7, 11) is 0. The van der Waals surface area contributed by atoms with Crippen LogP contribution in [0.5, 0.6) is 0 Å². The van der Waals surface area contributed by atoms with E-state index < -0.39 is 0 Å². The zero-order chi connectivity index (χ0) is 16.7. The van der Waals surface area contributed by atoms with Gasteiger partial charge in [0.15, 0.2) is 0 Å². The quantitative estimate of drug-likeness (QED) is 0.712. The highest BCUT2D eigenvalue weighted by atomic mass is 79.9. The van der Waals surface area contributed by atoms with Crippen LogP contribution in [0.15, 0.2) is 27.5 Å². The van der Waals surface area contributed by atoms with Crippen molar-refractivity contribution in [2.45, 2.75) is 26.2 Å². The second kappa shape index (κ2) is 5.98. The number of aromatic amines is 1. The Kier molecular flexibility index (Phi) is 4.16. The molecule has 0 bridgehead atoms. The molecule has 0 aliphatic rings. The summed E-state index contributed by atoms with van der Waals surface area (Å²) in [6.07, 6.45) is 0.455. The van der Waals surface area contributed by atoms with Crippen LogP contribution < -0.4 is 11.3 Å². The first-order valence-corrected chi connectivity index (χ1v) is 8.25. The summed E-state index contributed by atoms with van der Waals surface area (Å²) in [6, 6.07) is 5.60. The van der Waals surface area contributed by atoms with Gasteiger partial charge in [0.25, 0.3) is 11.3 Å². The minimum Gasteiger partial charge on any atom is -0.368 e. The van der Waals surface area contributed by atoms with E-state index in [2.05, 4.69) is 31.0 Å². The van der Waals surface area contributed by atoms with Gasteiger partial charge in [-0.3, -0.25) is 9.89 Å². The number of H-pyrrole nitrogens is 1. The summed E-state index contributed by atoms with van der Waals surface area (Å²) < 4.78 is 2.07. The normalized spacial score (nSPS) is 11.5. The van der Waals surface area contributed by atoms with Crippen molar-refractivity contribution in [3.05, 3.63) is 54.9 Å². The molecule has 0 aliphatic carbocycles. The molecular formula is C15H15BrClN5O. The van der Waals surface area contributed by atoms with Gasteiger partial charge in [0.05, 0.1) is 10.7 Å². The molecule has 120 valence electrons. The molecule has 0 spiro atoms. The van der Waals surface area contributed by atoms with Gasteiger partial charge in [0.2, 0.25) is 5.95 Å². The van der Waals surface area contributed by atoms with E-state index in [1.807, 2.05) is 26.0 Å². The maximum atomic E-state index is 12.8. The highest BCUT2D eigenvalue weighted by Crippen LogP contribution is 2.25. The lowest BCUT2D eigenvalue weighted by Gasteiger charge is -2.11. The first-order valence-electron chi connectivity index (χ1n) is 7.07. The van der Waals surface area contributed by atoms with Crippen LogP contribution in [0.25, 0.3) is 5.78 Å². The van der Waals surface area contributed by atoms with Crippen molar-refractivity contribution < 1.29 is 0 Å². The third-order valence-electron chi connectivity index (χ3n) is 3.55. The molecule has 0 saturated carbocycles. The van der Waals surface area contributed by atoms with Crippen molar-refractivity contribution in [1.82, 2.24) is 19.6 Å². The molecule has 0 unspecified atom stereocenters.